The molecule has 0 aliphatic heterocycles. The first-order valence-corrected chi connectivity index (χ1v) is 11.0. The molecule has 1 aromatic heterocycles. The minimum atomic E-state index is -0.375. The number of rotatable bonds is 16. The SMILES string of the molecule is CCCCCCCCCCCCCCc1c(CCCC)[nH]c(=O)[nH]c1=O. The molecule has 4 heteroatoms. The molecule has 0 aliphatic rings. The molecule has 0 radical (unpaired) electrons. The summed E-state index contributed by atoms with van der Waals surface area (Å²) in [5.41, 5.74) is 1.08. The number of nitrogens with one attached hydrogen (secondary N) is 2. The molecule has 0 aliphatic carbocycles. The van der Waals surface area contributed by atoms with Crippen LogP contribution in [-0.2, 0) is 12.8 Å². The average Bonchev–Trinajstić information content (AvgIpc) is 2.62. The number of hydrogen-bond acceptors (Lipinski definition) is 2. The Hall–Kier alpha value is -1.32. The lowest BCUT2D eigenvalue weighted by Gasteiger charge is -2.08. The van der Waals surface area contributed by atoms with E-state index in [0.717, 1.165) is 43.4 Å². The summed E-state index contributed by atoms with van der Waals surface area (Å²) >= 11 is 0. The fourth-order valence-corrected chi connectivity index (χ4v) is 3.53. The van der Waals surface area contributed by atoms with Crippen molar-refractivity contribution in [3.63, 3.8) is 0 Å². The number of aromatic amines is 2. The van der Waals surface area contributed by atoms with Crippen LogP contribution in [0.4, 0.5) is 0 Å². The highest BCUT2D eigenvalue weighted by atomic mass is 16.2. The summed E-state index contributed by atoms with van der Waals surface area (Å²) in [5.74, 6) is 0. The van der Waals surface area contributed by atoms with Crippen LogP contribution >= 0.6 is 0 Å². The molecule has 150 valence electrons. The van der Waals surface area contributed by atoms with Crippen molar-refractivity contribution in [3.05, 3.63) is 32.1 Å². The highest BCUT2D eigenvalue weighted by Gasteiger charge is 2.08. The Labute approximate surface area is 159 Å². The van der Waals surface area contributed by atoms with E-state index in [-0.39, 0.29) is 11.2 Å². The molecule has 0 fully saturated rings. The molecule has 2 N–H and O–H groups in total. The Morgan fingerprint density at radius 2 is 1.08 bits per heavy atom. The maximum Gasteiger partial charge on any atom is 0.325 e. The standard InChI is InChI=1S/C22H40N2O2/c1-3-5-7-8-9-10-11-12-13-14-15-16-17-19-20(18-6-4-2)23-22(26)24-21(19)25/h3-18H2,1-2H3,(H2,23,24,25,26). The summed E-state index contributed by atoms with van der Waals surface area (Å²) in [5, 5.41) is 0. The van der Waals surface area contributed by atoms with Gasteiger partial charge in [0.25, 0.3) is 5.56 Å². The summed E-state index contributed by atoms with van der Waals surface area (Å²) < 4.78 is 0. The van der Waals surface area contributed by atoms with Crippen molar-refractivity contribution >= 4 is 0 Å². The van der Waals surface area contributed by atoms with Gasteiger partial charge in [0.05, 0.1) is 0 Å². The molecule has 0 bridgehead atoms. The maximum atomic E-state index is 12.1. The normalized spacial score (nSPS) is 11.2. The van der Waals surface area contributed by atoms with Crippen LogP contribution in [0.25, 0.3) is 0 Å². The van der Waals surface area contributed by atoms with Crippen LogP contribution in [0.5, 0.6) is 0 Å². The summed E-state index contributed by atoms with van der Waals surface area (Å²) in [6.07, 6.45) is 19.4. The maximum absolute atomic E-state index is 12.1. The largest absolute Gasteiger partial charge is 0.325 e. The van der Waals surface area contributed by atoms with E-state index in [9.17, 15) is 9.59 Å². The van der Waals surface area contributed by atoms with Crippen molar-refractivity contribution in [2.24, 2.45) is 0 Å². The number of unbranched alkanes of at least 4 members (excludes halogenated alkanes) is 12. The third-order valence-corrected chi connectivity index (χ3v) is 5.19. The topological polar surface area (TPSA) is 65.7 Å². The van der Waals surface area contributed by atoms with Gasteiger partial charge in [-0.2, -0.15) is 0 Å². The van der Waals surface area contributed by atoms with Gasteiger partial charge in [-0.1, -0.05) is 90.9 Å². The van der Waals surface area contributed by atoms with Gasteiger partial charge in [0, 0.05) is 11.3 Å². The third-order valence-electron chi connectivity index (χ3n) is 5.19. The quantitative estimate of drug-likeness (QED) is 0.372. The lowest BCUT2D eigenvalue weighted by atomic mass is 10.0. The van der Waals surface area contributed by atoms with E-state index in [1.807, 2.05) is 0 Å². The Bertz CT molecular complexity index is 574. The second kappa shape index (κ2) is 14.8. The minimum absolute atomic E-state index is 0.192. The molecule has 0 amide bonds. The molecule has 4 nitrogen and oxygen atoms in total. The van der Waals surface area contributed by atoms with Crippen molar-refractivity contribution in [3.8, 4) is 0 Å². The molecular weight excluding hydrogens is 324 g/mol. The summed E-state index contributed by atoms with van der Waals surface area (Å²) in [4.78, 5) is 28.8. The fraction of sp³-hybridized carbons (Fsp3) is 0.818. The van der Waals surface area contributed by atoms with E-state index < -0.39 is 0 Å². The second-order valence-corrected chi connectivity index (χ2v) is 7.61. The lowest BCUT2D eigenvalue weighted by Crippen LogP contribution is -2.28. The van der Waals surface area contributed by atoms with Gasteiger partial charge in [0.15, 0.2) is 0 Å². The van der Waals surface area contributed by atoms with Crippen LogP contribution in [0.3, 0.4) is 0 Å². The lowest BCUT2D eigenvalue weighted by molar-refractivity contribution is 0.543. The van der Waals surface area contributed by atoms with Crippen molar-refractivity contribution in [1.82, 2.24) is 9.97 Å². The van der Waals surface area contributed by atoms with E-state index in [1.165, 1.54) is 70.6 Å². The Balaban J connectivity index is 2.16. The van der Waals surface area contributed by atoms with Gasteiger partial charge in [-0.25, -0.2) is 4.79 Å². The van der Waals surface area contributed by atoms with Gasteiger partial charge in [-0.3, -0.25) is 9.78 Å². The molecule has 0 spiro atoms. The number of aromatic nitrogens is 2. The van der Waals surface area contributed by atoms with Crippen LogP contribution in [-0.4, -0.2) is 9.97 Å². The van der Waals surface area contributed by atoms with Gasteiger partial charge in [-0.05, 0) is 25.7 Å². The fourth-order valence-electron chi connectivity index (χ4n) is 3.53. The molecule has 0 aromatic carbocycles. The first-order valence-electron chi connectivity index (χ1n) is 11.0. The summed E-state index contributed by atoms with van der Waals surface area (Å²) in [6.45, 7) is 4.38. The van der Waals surface area contributed by atoms with E-state index >= 15 is 0 Å². The van der Waals surface area contributed by atoms with Gasteiger partial charge in [0.1, 0.15) is 0 Å². The van der Waals surface area contributed by atoms with E-state index in [1.54, 1.807) is 0 Å². The van der Waals surface area contributed by atoms with Gasteiger partial charge >= 0.3 is 5.69 Å². The molecule has 0 unspecified atom stereocenters. The highest BCUT2D eigenvalue weighted by Crippen LogP contribution is 2.13. The first-order chi connectivity index (χ1) is 12.7. The molecule has 1 rings (SSSR count). The van der Waals surface area contributed by atoms with Crippen molar-refractivity contribution in [2.45, 2.75) is 117 Å². The van der Waals surface area contributed by atoms with Crippen molar-refractivity contribution in [1.29, 1.82) is 0 Å². The number of H-pyrrole nitrogens is 2. The van der Waals surface area contributed by atoms with Crippen LogP contribution < -0.4 is 11.2 Å². The summed E-state index contributed by atoms with van der Waals surface area (Å²) in [7, 11) is 0. The number of aryl methyl sites for hydroxylation is 1. The molecule has 1 heterocycles. The molecule has 0 atom stereocenters. The van der Waals surface area contributed by atoms with Crippen molar-refractivity contribution in [2.75, 3.05) is 0 Å². The zero-order valence-electron chi connectivity index (χ0n) is 17.1. The number of hydrogen-bond donors (Lipinski definition) is 2. The van der Waals surface area contributed by atoms with Gasteiger partial charge in [-0.15, -0.1) is 0 Å². The average molecular weight is 365 g/mol. The van der Waals surface area contributed by atoms with E-state index in [0.29, 0.717) is 0 Å². The Kier molecular flexibility index (Phi) is 12.9. The van der Waals surface area contributed by atoms with Crippen molar-refractivity contribution < 1.29 is 0 Å². The predicted molar refractivity (Wildman–Crippen MR) is 111 cm³/mol. The van der Waals surface area contributed by atoms with Crippen LogP contribution in [0.15, 0.2) is 9.59 Å². The van der Waals surface area contributed by atoms with E-state index in [4.69, 9.17) is 0 Å². The zero-order valence-corrected chi connectivity index (χ0v) is 17.1. The van der Waals surface area contributed by atoms with Crippen LogP contribution in [0.2, 0.25) is 0 Å². The second-order valence-electron chi connectivity index (χ2n) is 7.61. The molecule has 0 saturated heterocycles. The van der Waals surface area contributed by atoms with Gasteiger partial charge < -0.3 is 4.98 Å². The third kappa shape index (κ3) is 9.98. The monoisotopic (exact) mass is 364 g/mol. The Morgan fingerprint density at radius 1 is 0.577 bits per heavy atom. The van der Waals surface area contributed by atoms with E-state index in [2.05, 4.69) is 23.8 Å². The Morgan fingerprint density at radius 3 is 1.62 bits per heavy atom. The smallest absolute Gasteiger partial charge is 0.311 e. The van der Waals surface area contributed by atoms with Crippen LogP contribution in [0, 0.1) is 0 Å². The van der Waals surface area contributed by atoms with Crippen LogP contribution in [0.1, 0.15) is 115 Å². The first kappa shape index (κ1) is 22.7. The van der Waals surface area contributed by atoms with Gasteiger partial charge in [0.2, 0.25) is 0 Å². The molecule has 1 aromatic rings. The summed E-state index contributed by atoms with van der Waals surface area (Å²) in [6, 6.07) is 0. The highest BCUT2D eigenvalue weighted by molar-refractivity contribution is 5.16. The zero-order chi connectivity index (χ0) is 19.0. The minimum Gasteiger partial charge on any atom is -0.311 e. The molecule has 26 heavy (non-hydrogen) atoms. The molecule has 0 saturated carbocycles. The molecular formula is C22H40N2O2. The predicted octanol–water partition coefficient (Wildman–Crippen LogP) is 5.65.